The van der Waals surface area contributed by atoms with Crippen LogP contribution in [-0.4, -0.2) is 59.2 Å². The van der Waals surface area contributed by atoms with Crippen molar-refractivity contribution in [1.82, 2.24) is 29.7 Å². The van der Waals surface area contributed by atoms with Crippen LogP contribution in [0.25, 0.3) is 11.2 Å². The molecule has 3 aromatic heterocycles. The second-order valence-corrected chi connectivity index (χ2v) is 5.78. The Labute approximate surface area is 144 Å². The topological polar surface area (TPSA) is 134 Å². The van der Waals surface area contributed by atoms with Gasteiger partial charge in [-0.05, 0) is 19.9 Å². The third kappa shape index (κ3) is 3.64. The minimum absolute atomic E-state index is 0.162. The van der Waals surface area contributed by atoms with Crippen LogP contribution in [0.2, 0.25) is 0 Å². The van der Waals surface area contributed by atoms with Gasteiger partial charge in [0.15, 0.2) is 17.0 Å². The molecule has 0 aliphatic heterocycles. The standard InChI is InChI=1S/C15H20N8O2/c1-9(2)23-8-16-12-13(19-10-3-4-17-18-5-10)21-15(22-14(12)23)20-11(6-24)7-25/h3-5,8-9,11,24-25H,6-7H2,1-2H3,(H2,17,19,20,21,22). The Morgan fingerprint density at radius 1 is 1.16 bits per heavy atom. The quantitative estimate of drug-likeness (QED) is 0.488. The predicted octanol–water partition coefficient (Wildman–Crippen LogP) is 0.706. The predicted molar refractivity (Wildman–Crippen MR) is 92.6 cm³/mol. The molecule has 10 nitrogen and oxygen atoms in total. The second kappa shape index (κ2) is 7.36. The molecule has 0 radical (unpaired) electrons. The van der Waals surface area contributed by atoms with Gasteiger partial charge in [0, 0.05) is 6.04 Å². The van der Waals surface area contributed by atoms with Gasteiger partial charge in [-0.15, -0.1) is 0 Å². The molecular weight excluding hydrogens is 324 g/mol. The molecule has 0 saturated carbocycles. The first-order valence-corrected chi connectivity index (χ1v) is 7.89. The van der Waals surface area contributed by atoms with Gasteiger partial charge in [-0.1, -0.05) is 0 Å². The number of imidazole rings is 1. The van der Waals surface area contributed by atoms with E-state index in [1.165, 1.54) is 0 Å². The monoisotopic (exact) mass is 344 g/mol. The molecule has 0 aliphatic carbocycles. The number of aromatic nitrogens is 6. The van der Waals surface area contributed by atoms with Gasteiger partial charge in [0.05, 0.1) is 43.7 Å². The second-order valence-electron chi connectivity index (χ2n) is 5.78. The summed E-state index contributed by atoms with van der Waals surface area (Å²) in [6.45, 7) is 3.58. The fraction of sp³-hybridized carbons (Fsp3) is 0.400. The van der Waals surface area contributed by atoms with Gasteiger partial charge in [0.25, 0.3) is 0 Å². The van der Waals surface area contributed by atoms with Crippen molar-refractivity contribution in [2.75, 3.05) is 23.8 Å². The first kappa shape index (κ1) is 17.0. The molecule has 4 N–H and O–H groups in total. The van der Waals surface area contributed by atoms with E-state index < -0.39 is 6.04 Å². The van der Waals surface area contributed by atoms with E-state index in [2.05, 4.69) is 35.8 Å². The number of hydrogen-bond acceptors (Lipinski definition) is 9. The summed E-state index contributed by atoms with van der Waals surface area (Å²) < 4.78 is 1.92. The van der Waals surface area contributed by atoms with Gasteiger partial charge in [0.1, 0.15) is 0 Å². The lowest BCUT2D eigenvalue weighted by molar-refractivity contribution is 0.203. The van der Waals surface area contributed by atoms with Crippen LogP contribution in [-0.2, 0) is 0 Å². The zero-order chi connectivity index (χ0) is 17.8. The van der Waals surface area contributed by atoms with Crippen LogP contribution in [0.5, 0.6) is 0 Å². The fourth-order valence-electron chi connectivity index (χ4n) is 2.28. The number of aliphatic hydroxyl groups is 2. The highest BCUT2D eigenvalue weighted by atomic mass is 16.3. The Morgan fingerprint density at radius 3 is 2.60 bits per heavy atom. The maximum atomic E-state index is 9.28. The summed E-state index contributed by atoms with van der Waals surface area (Å²) in [4.78, 5) is 13.3. The molecule has 10 heteroatoms. The molecule has 0 atom stereocenters. The minimum atomic E-state index is -0.552. The maximum absolute atomic E-state index is 9.28. The summed E-state index contributed by atoms with van der Waals surface area (Å²) in [6, 6.07) is 1.37. The van der Waals surface area contributed by atoms with Gasteiger partial charge >= 0.3 is 0 Å². The van der Waals surface area contributed by atoms with E-state index in [1.54, 1.807) is 24.8 Å². The van der Waals surface area contributed by atoms with Crippen LogP contribution < -0.4 is 10.6 Å². The summed E-state index contributed by atoms with van der Waals surface area (Å²) in [7, 11) is 0. The van der Waals surface area contributed by atoms with E-state index in [1.807, 2.05) is 18.4 Å². The van der Waals surface area contributed by atoms with Crippen LogP contribution in [0, 0.1) is 0 Å². The SMILES string of the molecule is CC(C)n1cnc2c(Nc3ccnnc3)nc(NC(CO)CO)nc21. The Kier molecular flexibility index (Phi) is 5.00. The van der Waals surface area contributed by atoms with Crippen molar-refractivity contribution in [3.05, 3.63) is 24.8 Å². The lowest BCUT2D eigenvalue weighted by Crippen LogP contribution is -2.28. The van der Waals surface area contributed by atoms with E-state index in [0.717, 1.165) is 0 Å². The van der Waals surface area contributed by atoms with Crippen molar-refractivity contribution in [3.63, 3.8) is 0 Å². The Morgan fingerprint density at radius 2 is 1.96 bits per heavy atom. The van der Waals surface area contributed by atoms with Gasteiger partial charge in [0.2, 0.25) is 5.95 Å². The first-order chi connectivity index (χ1) is 12.1. The molecular formula is C15H20N8O2. The van der Waals surface area contributed by atoms with Gasteiger partial charge < -0.3 is 25.4 Å². The molecule has 0 bridgehead atoms. The van der Waals surface area contributed by atoms with Crippen LogP contribution >= 0.6 is 0 Å². The van der Waals surface area contributed by atoms with E-state index in [9.17, 15) is 10.2 Å². The third-order valence-electron chi connectivity index (χ3n) is 3.60. The zero-order valence-corrected chi connectivity index (χ0v) is 14.0. The van der Waals surface area contributed by atoms with Crippen molar-refractivity contribution >= 4 is 28.6 Å². The molecule has 0 fully saturated rings. The van der Waals surface area contributed by atoms with E-state index in [-0.39, 0.29) is 25.2 Å². The molecule has 0 unspecified atom stereocenters. The van der Waals surface area contributed by atoms with Crippen molar-refractivity contribution in [2.45, 2.75) is 25.9 Å². The van der Waals surface area contributed by atoms with E-state index in [4.69, 9.17) is 0 Å². The number of hydrogen-bond donors (Lipinski definition) is 4. The zero-order valence-electron chi connectivity index (χ0n) is 14.0. The van der Waals surface area contributed by atoms with Crippen molar-refractivity contribution in [3.8, 4) is 0 Å². The molecule has 0 saturated heterocycles. The highest BCUT2D eigenvalue weighted by Gasteiger charge is 2.17. The Hall–Kier alpha value is -2.85. The van der Waals surface area contributed by atoms with Crippen LogP contribution in [0.1, 0.15) is 19.9 Å². The van der Waals surface area contributed by atoms with Gasteiger partial charge in [-0.3, -0.25) is 0 Å². The third-order valence-corrected chi connectivity index (χ3v) is 3.60. The number of rotatable bonds is 7. The Balaban J connectivity index is 2.06. The van der Waals surface area contributed by atoms with E-state index >= 15 is 0 Å². The van der Waals surface area contributed by atoms with Gasteiger partial charge in [-0.25, -0.2) is 4.98 Å². The molecule has 25 heavy (non-hydrogen) atoms. The molecule has 0 aromatic carbocycles. The summed E-state index contributed by atoms with van der Waals surface area (Å²) >= 11 is 0. The summed E-state index contributed by atoms with van der Waals surface area (Å²) in [5.41, 5.74) is 1.97. The van der Waals surface area contributed by atoms with Crippen molar-refractivity contribution < 1.29 is 10.2 Å². The number of nitrogens with zero attached hydrogens (tertiary/aromatic N) is 6. The lowest BCUT2D eigenvalue weighted by atomic mass is 10.3. The average Bonchev–Trinajstić information content (AvgIpc) is 3.05. The van der Waals surface area contributed by atoms with E-state index in [0.29, 0.717) is 22.7 Å². The molecule has 0 amide bonds. The number of nitrogens with one attached hydrogen (secondary N) is 2. The number of aliphatic hydroxyl groups excluding tert-OH is 2. The lowest BCUT2D eigenvalue weighted by Gasteiger charge is -2.15. The number of anilines is 3. The summed E-state index contributed by atoms with van der Waals surface area (Å²) in [5.74, 6) is 0.780. The molecule has 0 aliphatic rings. The van der Waals surface area contributed by atoms with Crippen LogP contribution in [0.15, 0.2) is 24.8 Å². The molecule has 132 valence electrons. The molecule has 3 aromatic rings. The van der Waals surface area contributed by atoms with Crippen molar-refractivity contribution in [2.24, 2.45) is 0 Å². The first-order valence-electron chi connectivity index (χ1n) is 7.89. The van der Waals surface area contributed by atoms with Crippen molar-refractivity contribution in [1.29, 1.82) is 0 Å². The largest absolute Gasteiger partial charge is 0.394 e. The molecule has 3 rings (SSSR count). The highest BCUT2D eigenvalue weighted by Crippen LogP contribution is 2.25. The van der Waals surface area contributed by atoms with Crippen LogP contribution in [0.3, 0.4) is 0 Å². The smallest absolute Gasteiger partial charge is 0.227 e. The number of fused-ring (bicyclic) bond motifs is 1. The average molecular weight is 344 g/mol. The molecule has 3 heterocycles. The fourth-order valence-corrected chi connectivity index (χ4v) is 2.28. The summed E-state index contributed by atoms with van der Waals surface area (Å²) in [6.07, 6.45) is 4.85. The van der Waals surface area contributed by atoms with Gasteiger partial charge in [-0.2, -0.15) is 20.2 Å². The molecule has 0 spiro atoms. The Bertz CT molecular complexity index is 832. The minimum Gasteiger partial charge on any atom is -0.394 e. The highest BCUT2D eigenvalue weighted by molar-refractivity contribution is 5.86. The summed E-state index contributed by atoms with van der Waals surface area (Å²) in [5, 5.41) is 32.2. The van der Waals surface area contributed by atoms with Crippen LogP contribution in [0.4, 0.5) is 17.5 Å². The maximum Gasteiger partial charge on any atom is 0.227 e. The normalized spacial score (nSPS) is 11.4.